The Balaban J connectivity index is 3.72. The van der Waals surface area contributed by atoms with Gasteiger partial charge in [0, 0.05) is 39.6 Å². The molecule has 1 amide bonds. The first-order valence-corrected chi connectivity index (χ1v) is 9.08. The van der Waals surface area contributed by atoms with E-state index in [2.05, 4.69) is 22.5 Å². The number of nitrogens with one attached hydrogen (secondary N) is 2. The first-order valence-electron chi connectivity index (χ1n) is 9.08. The van der Waals surface area contributed by atoms with Gasteiger partial charge >= 0.3 is 0 Å². The molecule has 0 aliphatic heterocycles. The highest BCUT2D eigenvalue weighted by Crippen LogP contribution is 2.04. The van der Waals surface area contributed by atoms with E-state index in [0.29, 0.717) is 6.54 Å². The maximum Gasteiger partial charge on any atom is 0.216 e. The summed E-state index contributed by atoms with van der Waals surface area (Å²) >= 11 is 0. The van der Waals surface area contributed by atoms with E-state index in [1.807, 2.05) is 0 Å². The topological polar surface area (TPSA) is 70.4 Å². The Morgan fingerprint density at radius 1 is 0.909 bits per heavy atom. The molecule has 0 unspecified atom stereocenters. The van der Waals surface area contributed by atoms with E-state index in [0.717, 1.165) is 39.1 Å². The molecule has 0 aliphatic carbocycles. The van der Waals surface area contributed by atoms with Crippen LogP contribution in [0.4, 0.5) is 0 Å². The lowest BCUT2D eigenvalue weighted by Crippen LogP contribution is -2.35. The SMILES string of the molecule is CCCCCCN(CCCCCNC(C)=O)CCNCCN. The Morgan fingerprint density at radius 2 is 1.59 bits per heavy atom. The van der Waals surface area contributed by atoms with Gasteiger partial charge in [-0.2, -0.15) is 0 Å². The fourth-order valence-corrected chi connectivity index (χ4v) is 2.46. The van der Waals surface area contributed by atoms with Gasteiger partial charge in [0.15, 0.2) is 0 Å². The average Bonchev–Trinajstić information content (AvgIpc) is 2.50. The van der Waals surface area contributed by atoms with E-state index in [9.17, 15) is 4.79 Å². The predicted octanol–water partition coefficient (Wildman–Crippen LogP) is 1.72. The third-order valence-electron chi connectivity index (χ3n) is 3.78. The van der Waals surface area contributed by atoms with Crippen molar-refractivity contribution in [2.24, 2.45) is 5.73 Å². The fourth-order valence-electron chi connectivity index (χ4n) is 2.46. The molecule has 0 aliphatic rings. The molecule has 0 bridgehead atoms. The highest BCUT2D eigenvalue weighted by Gasteiger charge is 2.04. The van der Waals surface area contributed by atoms with Crippen molar-refractivity contribution in [2.75, 3.05) is 45.8 Å². The molecule has 0 spiro atoms. The second-order valence-electron chi connectivity index (χ2n) is 5.98. The van der Waals surface area contributed by atoms with Gasteiger partial charge in [-0.25, -0.2) is 0 Å². The molecular weight excluding hydrogens is 276 g/mol. The van der Waals surface area contributed by atoms with Crippen LogP contribution in [0.25, 0.3) is 0 Å². The molecule has 0 aromatic carbocycles. The minimum Gasteiger partial charge on any atom is -0.356 e. The number of nitrogens with two attached hydrogens (primary N) is 1. The lowest BCUT2D eigenvalue weighted by molar-refractivity contribution is -0.118. The average molecular weight is 315 g/mol. The van der Waals surface area contributed by atoms with Crippen LogP contribution in [0.1, 0.15) is 58.8 Å². The van der Waals surface area contributed by atoms with Crippen molar-refractivity contribution >= 4 is 5.91 Å². The van der Waals surface area contributed by atoms with Gasteiger partial charge in [0.1, 0.15) is 0 Å². The van der Waals surface area contributed by atoms with Crippen LogP contribution in [0.15, 0.2) is 0 Å². The Hall–Kier alpha value is -0.650. The van der Waals surface area contributed by atoms with Crippen molar-refractivity contribution in [2.45, 2.75) is 58.8 Å². The Labute approximate surface area is 137 Å². The zero-order valence-electron chi connectivity index (χ0n) is 14.8. The van der Waals surface area contributed by atoms with Gasteiger partial charge in [0.05, 0.1) is 0 Å². The van der Waals surface area contributed by atoms with Crippen LogP contribution in [-0.2, 0) is 4.79 Å². The summed E-state index contributed by atoms with van der Waals surface area (Å²) in [4.78, 5) is 13.4. The standard InChI is InChI=1S/C17H38N4O/c1-3-4-5-8-14-21(16-13-19-12-10-18)15-9-6-7-11-20-17(2)22/h19H,3-16,18H2,1-2H3,(H,20,22). The molecule has 0 saturated carbocycles. The van der Waals surface area contributed by atoms with Crippen LogP contribution < -0.4 is 16.4 Å². The largest absolute Gasteiger partial charge is 0.356 e. The second-order valence-corrected chi connectivity index (χ2v) is 5.98. The molecule has 4 N–H and O–H groups in total. The van der Waals surface area contributed by atoms with Gasteiger partial charge in [-0.15, -0.1) is 0 Å². The van der Waals surface area contributed by atoms with E-state index in [1.54, 1.807) is 6.92 Å². The summed E-state index contributed by atoms with van der Waals surface area (Å²) in [5.41, 5.74) is 5.50. The molecule has 22 heavy (non-hydrogen) atoms. The number of rotatable bonds is 16. The van der Waals surface area contributed by atoms with Crippen LogP contribution in [-0.4, -0.2) is 56.6 Å². The normalized spacial score (nSPS) is 11.1. The van der Waals surface area contributed by atoms with Gasteiger partial charge < -0.3 is 21.3 Å². The zero-order valence-corrected chi connectivity index (χ0v) is 14.8. The molecule has 0 heterocycles. The highest BCUT2D eigenvalue weighted by atomic mass is 16.1. The van der Waals surface area contributed by atoms with Crippen LogP contribution in [0.2, 0.25) is 0 Å². The number of nitrogens with zero attached hydrogens (tertiary/aromatic N) is 1. The van der Waals surface area contributed by atoms with Gasteiger partial charge in [0.2, 0.25) is 5.91 Å². The Morgan fingerprint density at radius 3 is 2.18 bits per heavy atom. The number of hydrogen-bond donors (Lipinski definition) is 3. The maximum atomic E-state index is 10.8. The summed E-state index contributed by atoms with van der Waals surface area (Å²) < 4.78 is 0. The fraction of sp³-hybridized carbons (Fsp3) is 0.941. The van der Waals surface area contributed by atoms with Crippen molar-refractivity contribution in [3.63, 3.8) is 0 Å². The van der Waals surface area contributed by atoms with Crippen molar-refractivity contribution in [3.8, 4) is 0 Å². The van der Waals surface area contributed by atoms with Gasteiger partial charge in [-0.1, -0.05) is 32.6 Å². The molecule has 0 fully saturated rings. The zero-order chi connectivity index (χ0) is 16.5. The molecule has 0 atom stereocenters. The minimum atomic E-state index is 0.0727. The first kappa shape index (κ1) is 21.4. The lowest BCUT2D eigenvalue weighted by atomic mass is 10.2. The van der Waals surface area contributed by atoms with E-state index in [4.69, 9.17) is 5.73 Å². The molecule has 0 saturated heterocycles. The predicted molar refractivity (Wildman–Crippen MR) is 95.0 cm³/mol. The Bertz CT molecular complexity index is 237. The van der Waals surface area contributed by atoms with Crippen LogP contribution in [0, 0.1) is 0 Å². The number of carbonyl (C=O) groups is 1. The second kappa shape index (κ2) is 16.7. The number of unbranched alkanes of at least 4 members (excludes halogenated alkanes) is 5. The van der Waals surface area contributed by atoms with Crippen molar-refractivity contribution in [1.29, 1.82) is 0 Å². The van der Waals surface area contributed by atoms with Gasteiger partial charge in [-0.05, 0) is 32.4 Å². The smallest absolute Gasteiger partial charge is 0.216 e. The quantitative estimate of drug-likeness (QED) is 0.379. The van der Waals surface area contributed by atoms with Gasteiger partial charge in [-0.3, -0.25) is 4.79 Å². The Kier molecular flexibility index (Phi) is 16.2. The maximum absolute atomic E-state index is 10.8. The summed E-state index contributed by atoms with van der Waals surface area (Å²) in [6.45, 7) is 10.8. The number of amides is 1. The summed E-state index contributed by atoms with van der Waals surface area (Å²) in [6.07, 6.45) is 8.75. The van der Waals surface area contributed by atoms with Crippen molar-refractivity contribution in [1.82, 2.24) is 15.5 Å². The van der Waals surface area contributed by atoms with Crippen LogP contribution in [0.3, 0.4) is 0 Å². The number of carbonyl (C=O) groups excluding carboxylic acids is 1. The third-order valence-corrected chi connectivity index (χ3v) is 3.78. The van der Waals surface area contributed by atoms with Crippen molar-refractivity contribution < 1.29 is 4.79 Å². The van der Waals surface area contributed by atoms with Crippen LogP contribution >= 0.6 is 0 Å². The summed E-state index contributed by atoms with van der Waals surface area (Å²) in [6, 6.07) is 0. The van der Waals surface area contributed by atoms with E-state index >= 15 is 0 Å². The highest BCUT2D eigenvalue weighted by molar-refractivity contribution is 5.72. The summed E-state index contributed by atoms with van der Waals surface area (Å²) in [5, 5.41) is 6.23. The lowest BCUT2D eigenvalue weighted by Gasteiger charge is -2.22. The van der Waals surface area contributed by atoms with Crippen LogP contribution in [0.5, 0.6) is 0 Å². The molecule has 5 heteroatoms. The first-order chi connectivity index (χ1) is 10.7. The molecule has 0 radical (unpaired) electrons. The minimum absolute atomic E-state index is 0.0727. The van der Waals surface area contributed by atoms with Gasteiger partial charge in [0.25, 0.3) is 0 Å². The molecule has 132 valence electrons. The van der Waals surface area contributed by atoms with E-state index in [1.165, 1.54) is 45.1 Å². The molecule has 0 rings (SSSR count). The molecule has 0 aromatic rings. The molecule has 0 aromatic heterocycles. The van der Waals surface area contributed by atoms with Crippen molar-refractivity contribution in [3.05, 3.63) is 0 Å². The van der Waals surface area contributed by atoms with E-state index < -0.39 is 0 Å². The monoisotopic (exact) mass is 314 g/mol. The third kappa shape index (κ3) is 15.7. The number of hydrogen-bond acceptors (Lipinski definition) is 4. The molecule has 5 nitrogen and oxygen atoms in total. The van der Waals surface area contributed by atoms with E-state index in [-0.39, 0.29) is 5.91 Å². The molecular formula is C17H38N4O. The summed E-state index contributed by atoms with van der Waals surface area (Å²) in [7, 11) is 0. The summed E-state index contributed by atoms with van der Waals surface area (Å²) in [5.74, 6) is 0.0727.